The normalized spacial score (nSPS) is 17.0. The van der Waals surface area contributed by atoms with Gasteiger partial charge >= 0.3 is 0 Å². The largest absolute Gasteiger partial charge is 0.388 e. The van der Waals surface area contributed by atoms with E-state index >= 15 is 0 Å². The zero-order valence-electron chi connectivity index (χ0n) is 12.2. The number of aliphatic hydroxyl groups is 1. The molecule has 2 aromatic rings. The number of fused-ring (bicyclic) bond motifs is 1. The predicted molar refractivity (Wildman–Crippen MR) is 82.1 cm³/mol. The summed E-state index contributed by atoms with van der Waals surface area (Å²) in [7, 11) is 1.76. The molecule has 0 bridgehead atoms. The van der Waals surface area contributed by atoms with Crippen LogP contribution in [0.2, 0.25) is 0 Å². The molecule has 4 nitrogen and oxygen atoms in total. The summed E-state index contributed by atoms with van der Waals surface area (Å²) in [6, 6.07) is 9.33. The van der Waals surface area contributed by atoms with E-state index in [9.17, 15) is 9.90 Å². The third-order valence-electron chi connectivity index (χ3n) is 4.26. The van der Waals surface area contributed by atoms with Crippen molar-refractivity contribution in [2.24, 2.45) is 0 Å². The van der Waals surface area contributed by atoms with Crippen molar-refractivity contribution in [3.63, 3.8) is 0 Å². The van der Waals surface area contributed by atoms with Crippen molar-refractivity contribution in [3.05, 3.63) is 42.1 Å². The van der Waals surface area contributed by atoms with Crippen molar-refractivity contribution >= 4 is 16.8 Å². The minimum absolute atomic E-state index is 0.0546. The van der Waals surface area contributed by atoms with Crippen molar-refractivity contribution in [2.75, 3.05) is 13.6 Å². The Labute approximate surface area is 124 Å². The van der Waals surface area contributed by atoms with E-state index in [0.29, 0.717) is 12.1 Å². The van der Waals surface area contributed by atoms with Crippen LogP contribution in [0.1, 0.15) is 36.0 Å². The number of nitrogens with zero attached hydrogens (tertiary/aromatic N) is 2. The molecule has 1 N–H and O–H groups in total. The molecule has 0 unspecified atom stereocenters. The number of aromatic nitrogens is 1. The van der Waals surface area contributed by atoms with E-state index in [1.807, 2.05) is 24.3 Å². The lowest BCUT2D eigenvalue weighted by molar-refractivity contribution is 0.0157. The van der Waals surface area contributed by atoms with Gasteiger partial charge in [0, 0.05) is 30.7 Å². The summed E-state index contributed by atoms with van der Waals surface area (Å²) >= 11 is 0. The van der Waals surface area contributed by atoms with Gasteiger partial charge in [-0.2, -0.15) is 0 Å². The highest BCUT2D eigenvalue weighted by Gasteiger charge is 2.33. The Morgan fingerprint density at radius 1 is 1.33 bits per heavy atom. The van der Waals surface area contributed by atoms with Crippen LogP contribution in [0.25, 0.3) is 10.9 Å². The number of likely N-dealkylation sites (N-methyl/N-ethyl adjacent to an activating group) is 1. The number of carbonyl (C=O) groups is 1. The maximum atomic E-state index is 12.5. The Morgan fingerprint density at radius 3 is 2.86 bits per heavy atom. The molecule has 1 aliphatic carbocycles. The number of pyridine rings is 1. The van der Waals surface area contributed by atoms with Crippen molar-refractivity contribution in [1.82, 2.24) is 9.88 Å². The Morgan fingerprint density at radius 2 is 2.10 bits per heavy atom. The molecular weight excluding hydrogens is 264 g/mol. The molecule has 1 amide bonds. The fourth-order valence-corrected chi connectivity index (χ4v) is 3.13. The zero-order valence-corrected chi connectivity index (χ0v) is 12.2. The van der Waals surface area contributed by atoms with Crippen LogP contribution in [0.15, 0.2) is 36.5 Å². The number of hydrogen-bond acceptors (Lipinski definition) is 3. The summed E-state index contributed by atoms with van der Waals surface area (Å²) in [5, 5.41) is 11.4. The van der Waals surface area contributed by atoms with Gasteiger partial charge in [-0.15, -0.1) is 0 Å². The topological polar surface area (TPSA) is 53.4 Å². The number of benzene rings is 1. The summed E-state index contributed by atoms with van der Waals surface area (Å²) in [5.74, 6) is -0.0546. The van der Waals surface area contributed by atoms with Gasteiger partial charge in [0.05, 0.1) is 11.1 Å². The van der Waals surface area contributed by atoms with Crippen molar-refractivity contribution in [1.29, 1.82) is 0 Å². The molecule has 1 aromatic heterocycles. The molecule has 0 radical (unpaired) electrons. The van der Waals surface area contributed by atoms with Gasteiger partial charge in [-0.05, 0) is 37.1 Å². The highest BCUT2D eigenvalue weighted by molar-refractivity contribution is 5.97. The van der Waals surface area contributed by atoms with E-state index in [4.69, 9.17) is 0 Å². The fraction of sp³-hybridized carbons (Fsp3) is 0.412. The van der Waals surface area contributed by atoms with Gasteiger partial charge in [-0.1, -0.05) is 18.9 Å². The smallest absolute Gasteiger partial charge is 0.253 e. The first kappa shape index (κ1) is 14.0. The molecule has 0 spiro atoms. The maximum absolute atomic E-state index is 12.5. The highest BCUT2D eigenvalue weighted by Crippen LogP contribution is 2.30. The van der Waals surface area contributed by atoms with Gasteiger partial charge in [0.25, 0.3) is 5.91 Å². The molecule has 0 atom stereocenters. The van der Waals surface area contributed by atoms with Crippen LogP contribution >= 0.6 is 0 Å². The number of amides is 1. The third-order valence-corrected chi connectivity index (χ3v) is 4.26. The molecule has 1 heterocycles. The second-order valence-corrected chi connectivity index (χ2v) is 6.00. The van der Waals surface area contributed by atoms with Crippen LogP contribution in [0.3, 0.4) is 0 Å². The van der Waals surface area contributed by atoms with Crippen LogP contribution in [0.5, 0.6) is 0 Å². The Balaban J connectivity index is 1.79. The van der Waals surface area contributed by atoms with Crippen molar-refractivity contribution in [2.45, 2.75) is 31.3 Å². The van der Waals surface area contributed by atoms with Gasteiger partial charge in [0.2, 0.25) is 0 Å². The molecule has 3 rings (SSSR count). The summed E-state index contributed by atoms with van der Waals surface area (Å²) < 4.78 is 0. The predicted octanol–water partition coefficient (Wildman–Crippen LogP) is 2.61. The van der Waals surface area contributed by atoms with Crippen molar-refractivity contribution in [3.8, 4) is 0 Å². The van der Waals surface area contributed by atoms with E-state index in [1.165, 1.54) is 0 Å². The summed E-state index contributed by atoms with van der Waals surface area (Å²) in [6.45, 7) is 0.400. The first-order chi connectivity index (χ1) is 10.1. The van der Waals surface area contributed by atoms with Gasteiger partial charge in [-0.25, -0.2) is 0 Å². The quantitative estimate of drug-likeness (QED) is 0.942. The number of hydrogen-bond donors (Lipinski definition) is 1. The van der Waals surface area contributed by atoms with Gasteiger partial charge in [0.1, 0.15) is 0 Å². The standard InChI is InChI=1S/C17H20N2O2/c1-19(12-17(21)8-2-3-9-17)16(20)14-6-7-15-13(11-14)5-4-10-18-15/h4-7,10-11,21H,2-3,8-9,12H2,1H3. The molecule has 110 valence electrons. The SMILES string of the molecule is CN(CC1(O)CCCC1)C(=O)c1ccc2ncccc2c1. The van der Waals surface area contributed by atoms with E-state index in [-0.39, 0.29) is 5.91 Å². The minimum Gasteiger partial charge on any atom is -0.388 e. The van der Waals surface area contributed by atoms with Crippen molar-refractivity contribution < 1.29 is 9.90 Å². The lowest BCUT2D eigenvalue weighted by atomic mass is 10.0. The fourth-order valence-electron chi connectivity index (χ4n) is 3.13. The number of carbonyl (C=O) groups excluding carboxylic acids is 1. The van der Waals surface area contributed by atoms with Crippen LogP contribution in [0.4, 0.5) is 0 Å². The second-order valence-electron chi connectivity index (χ2n) is 6.00. The van der Waals surface area contributed by atoms with E-state index < -0.39 is 5.60 Å². The van der Waals surface area contributed by atoms with E-state index in [2.05, 4.69) is 4.98 Å². The molecule has 0 aliphatic heterocycles. The Kier molecular flexibility index (Phi) is 3.64. The van der Waals surface area contributed by atoms with E-state index in [1.54, 1.807) is 24.2 Å². The summed E-state index contributed by atoms with van der Waals surface area (Å²) in [4.78, 5) is 18.4. The first-order valence-electron chi connectivity index (χ1n) is 7.40. The van der Waals surface area contributed by atoms with Crippen LogP contribution in [-0.2, 0) is 0 Å². The van der Waals surface area contributed by atoms with Gasteiger partial charge in [0.15, 0.2) is 0 Å². The van der Waals surface area contributed by atoms with E-state index in [0.717, 1.165) is 36.6 Å². The molecule has 1 saturated carbocycles. The van der Waals surface area contributed by atoms with Crippen LogP contribution < -0.4 is 0 Å². The monoisotopic (exact) mass is 284 g/mol. The average molecular weight is 284 g/mol. The molecule has 21 heavy (non-hydrogen) atoms. The second kappa shape index (κ2) is 5.45. The lowest BCUT2D eigenvalue weighted by Crippen LogP contribution is -2.42. The lowest BCUT2D eigenvalue weighted by Gasteiger charge is -2.28. The molecular formula is C17H20N2O2. The average Bonchev–Trinajstić information content (AvgIpc) is 2.92. The van der Waals surface area contributed by atoms with Crippen LogP contribution in [-0.4, -0.2) is 40.1 Å². The minimum atomic E-state index is -0.706. The molecule has 1 aromatic carbocycles. The highest BCUT2D eigenvalue weighted by atomic mass is 16.3. The Bertz CT molecular complexity index is 663. The summed E-state index contributed by atoms with van der Waals surface area (Å²) in [6.07, 6.45) is 5.39. The Hall–Kier alpha value is -1.94. The maximum Gasteiger partial charge on any atom is 0.253 e. The third kappa shape index (κ3) is 2.90. The van der Waals surface area contributed by atoms with Gasteiger partial charge in [-0.3, -0.25) is 9.78 Å². The molecule has 1 fully saturated rings. The van der Waals surface area contributed by atoms with Crippen LogP contribution in [0, 0.1) is 0 Å². The molecule has 0 saturated heterocycles. The van der Waals surface area contributed by atoms with Gasteiger partial charge < -0.3 is 10.0 Å². The summed E-state index contributed by atoms with van der Waals surface area (Å²) in [5.41, 5.74) is 0.814. The first-order valence-corrected chi connectivity index (χ1v) is 7.40. The molecule has 4 heteroatoms. The zero-order chi connectivity index (χ0) is 14.9. The molecule has 1 aliphatic rings. The number of rotatable bonds is 3.